The summed E-state index contributed by atoms with van der Waals surface area (Å²) < 4.78 is 1.14. The van der Waals surface area contributed by atoms with E-state index in [4.69, 9.17) is 5.73 Å². The van der Waals surface area contributed by atoms with E-state index < -0.39 is 0 Å². The molecular weight excluding hydrogens is 226 g/mol. The highest BCUT2D eigenvalue weighted by molar-refractivity contribution is 9.10. The molecule has 0 saturated heterocycles. The second-order valence-corrected chi connectivity index (χ2v) is 4.65. The van der Waals surface area contributed by atoms with Crippen molar-refractivity contribution in [1.29, 1.82) is 0 Å². The fraction of sp³-hybridized carbons (Fsp3) is 0.455. The highest BCUT2D eigenvalue weighted by Gasteiger charge is 2.30. The molecular formula is C11H14BrN. The van der Waals surface area contributed by atoms with Gasteiger partial charge >= 0.3 is 0 Å². The van der Waals surface area contributed by atoms with E-state index in [2.05, 4.69) is 40.2 Å². The largest absolute Gasteiger partial charge is 0.330 e. The van der Waals surface area contributed by atoms with E-state index in [1.165, 1.54) is 18.4 Å². The molecule has 1 aliphatic carbocycles. The first kappa shape index (κ1) is 9.22. The van der Waals surface area contributed by atoms with Crippen LogP contribution in [-0.2, 0) is 0 Å². The molecule has 13 heavy (non-hydrogen) atoms. The zero-order chi connectivity index (χ0) is 9.26. The van der Waals surface area contributed by atoms with Gasteiger partial charge in [0.2, 0.25) is 0 Å². The quantitative estimate of drug-likeness (QED) is 0.863. The Kier molecular flexibility index (Phi) is 2.70. The molecule has 1 saturated carbocycles. The second-order valence-electron chi connectivity index (χ2n) is 3.73. The van der Waals surface area contributed by atoms with Crippen molar-refractivity contribution in [3.63, 3.8) is 0 Å². The van der Waals surface area contributed by atoms with Gasteiger partial charge in [-0.05, 0) is 48.9 Å². The van der Waals surface area contributed by atoms with Gasteiger partial charge < -0.3 is 5.73 Å². The third kappa shape index (κ3) is 2.12. The van der Waals surface area contributed by atoms with Crippen LogP contribution in [0.25, 0.3) is 0 Å². The van der Waals surface area contributed by atoms with Gasteiger partial charge in [-0.1, -0.05) is 28.1 Å². The summed E-state index contributed by atoms with van der Waals surface area (Å²) in [6, 6.07) is 8.56. The van der Waals surface area contributed by atoms with Gasteiger partial charge in [-0.3, -0.25) is 0 Å². The first-order chi connectivity index (χ1) is 6.31. The molecule has 1 aromatic carbocycles. The summed E-state index contributed by atoms with van der Waals surface area (Å²) in [5, 5.41) is 0. The number of halogens is 1. The van der Waals surface area contributed by atoms with Crippen LogP contribution in [0.15, 0.2) is 28.7 Å². The lowest BCUT2D eigenvalue weighted by molar-refractivity contribution is 0.616. The van der Waals surface area contributed by atoms with Gasteiger partial charge in [0.25, 0.3) is 0 Å². The number of hydrogen-bond acceptors (Lipinski definition) is 1. The Morgan fingerprint density at radius 3 is 2.38 bits per heavy atom. The summed E-state index contributed by atoms with van der Waals surface area (Å²) in [7, 11) is 0. The molecule has 0 bridgehead atoms. The van der Waals surface area contributed by atoms with E-state index in [9.17, 15) is 0 Å². The SMILES string of the molecule is NC[C@@H](c1ccc(Br)cc1)C1CC1. The Morgan fingerprint density at radius 1 is 1.31 bits per heavy atom. The Hall–Kier alpha value is -0.340. The molecule has 0 aromatic heterocycles. The van der Waals surface area contributed by atoms with Crippen LogP contribution in [0.1, 0.15) is 24.3 Å². The van der Waals surface area contributed by atoms with Crippen LogP contribution in [0.3, 0.4) is 0 Å². The molecule has 1 nitrogen and oxygen atoms in total. The zero-order valence-electron chi connectivity index (χ0n) is 7.54. The molecule has 0 heterocycles. The van der Waals surface area contributed by atoms with Crippen LogP contribution >= 0.6 is 15.9 Å². The summed E-state index contributed by atoms with van der Waals surface area (Å²) in [6.07, 6.45) is 2.72. The van der Waals surface area contributed by atoms with Crippen LogP contribution in [0.2, 0.25) is 0 Å². The van der Waals surface area contributed by atoms with E-state index in [1.807, 2.05) is 0 Å². The number of benzene rings is 1. The smallest absolute Gasteiger partial charge is 0.0175 e. The number of rotatable bonds is 3. The number of nitrogens with two attached hydrogens (primary N) is 1. The van der Waals surface area contributed by atoms with E-state index in [-0.39, 0.29) is 0 Å². The maximum atomic E-state index is 5.77. The fourth-order valence-corrected chi connectivity index (χ4v) is 2.07. The lowest BCUT2D eigenvalue weighted by Gasteiger charge is -2.13. The van der Waals surface area contributed by atoms with E-state index >= 15 is 0 Å². The van der Waals surface area contributed by atoms with Gasteiger partial charge in [0.05, 0.1) is 0 Å². The molecule has 70 valence electrons. The van der Waals surface area contributed by atoms with Crippen molar-refractivity contribution >= 4 is 15.9 Å². The molecule has 0 unspecified atom stereocenters. The summed E-state index contributed by atoms with van der Waals surface area (Å²) in [5.41, 5.74) is 7.17. The van der Waals surface area contributed by atoms with Crippen molar-refractivity contribution in [2.75, 3.05) is 6.54 Å². The van der Waals surface area contributed by atoms with Gasteiger partial charge in [-0.25, -0.2) is 0 Å². The molecule has 0 amide bonds. The van der Waals surface area contributed by atoms with Crippen LogP contribution in [-0.4, -0.2) is 6.54 Å². The molecule has 0 spiro atoms. The molecule has 1 aliphatic rings. The van der Waals surface area contributed by atoms with Gasteiger partial charge in [0, 0.05) is 4.47 Å². The monoisotopic (exact) mass is 239 g/mol. The zero-order valence-corrected chi connectivity index (χ0v) is 9.13. The average molecular weight is 240 g/mol. The lowest BCUT2D eigenvalue weighted by Crippen LogP contribution is -2.14. The van der Waals surface area contributed by atoms with E-state index in [0.29, 0.717) is 5.92 Å². The lowest BCUT2D eigenvalue weighted by atomic mass is 9.94. The van der Waals surface area contributed by atoms with Crippen molar-refractivity contribution in [2.45, 2.75) is 18.8 Å². The molecule has 1 fully saturated rings. The third-order valence-corrected chi connectivity index (χ3v) is 3.27. The average Bonchev–Trinajstić information content (AvgIpc) is 2.93. The first-order valence-corrected chi connectivity index (χ1v) is 5.56. The minimum Gasteiger partial charge on any atom is -0.330 e. The van der Waals surface area contributed by atoms with Crippen molar-refractivity contribution in [1.82, 2.24) is 0 Å². The summed E-state index contributed by atoms with van der Waals surface area (Å²) in [6.45, 7) is 0.784. The minimum atomic E-state index is 0.591. The predicted molar refractivity (Wildman–Crippen MR) is 58.7 cm³/mol. The van der Waals surface area contributed by atoms with Crippen molar-refractivity contribution in [3.8, 4) is 0 Å². The molecule has 1 atom stereocenters. The van der Waals surface area contributed by atoms with Crippen molar-refractivity contribution in [2.24, 2.45) is 11.7 Å². The Morgan fingerprint density at radius 2 is 1.92 bits per heavy atom. The van der Waals surface area contributed by atoms with E-state index in [0.717, 1.165) is 16.9 Å². The fourth-order valence-electron chi connectivity index (χ4n) is 1.81. The summed E-state index contributed by atoms with van der Waals surface area (Å²) in [4.78, 5) is 0. The van der Waals surface area contributed by atoms with Crippen molar-refractivity contribution < 1.29 is 0 Å². The maximum Gasteiger partial charge on any atom is 0.0175 e. The Balaban J connectivity index is 2.17. The van der Waals surface area contributed by atoms with Gasteiger partial charge in [0.1, 0.15) is 0 Å². The Labute approximate surface area is 87.5 Å². The Bertz CT molecular complexity index is 277. The van der Waals surface area contributed by atoms with Gasteiger partial charge in [-0.2, -0.15) is 0 Å². The van der Waals surface area contributed by atoms with Crippen LogP contribution in [0.4, 0.5) is 0 Å². The standard InChI is InChI=1S/C11H14BrN/c12-10-5-3-9(4-6-10)11(7-13)8-1-2-8/h3-6,8,11H,1-2,7,13H2/t11-/m1/s1. The number of hydrogen-bond donors (Lipinski definition) is 1. The molecule has 2 heteroatoms. The molecule has 2 rings (SSSR count). The van der Waals surface area contributed by atoms with Crippen LogP contribution in [0, 0.1) is 5.92 Å². The van der Waals surface area contributed by atoms with Gasteiger partial charge in [0.15, 0.2) is 0 Å². The van der Waals surface area contributed by atoms with Crippen LogP contribution in [0.5, 0.6) is 0 Å². The molecule has 0 radical (unpaired) electrons. The highest BCUT2D eigenvalue weighted by Crippen LogP contribution is 2.42. The maximum absolute atomic E-state index is 5.77. The van der Waals surface area contributed by atoms with Crippen molar-refractivity contribution in [3.05, 3.63) is 34.3 Å². The predicted octanol–water partition coefficient (Wildman–Crippen LogP) is 2.90. The second kappa shape index (κ2) is 3.81. The third-order valence-electron chi connectivity index (χ3n) is 2.74. The van der Waals surface area contributed by atoms with E-state index in [1.54, 1.807) is 0 Å². The highest BCUT2D eigenvalue weighted by atomic mass is 79.9. The minimum absolute atomic E-state index is 0.591. The molecule has 1 aromatic rings. The summed E-state index contributed by atoms with van der Waals surface area (Å²) in [5.74, 6) is 1.44. The normalized spacial score (nSPS) is 18.6. The van der Waals surface area contributed by atoms with Gasteiger partial charge in [-0.15, -0.1) is 0 Å². The first-order valence-electron chi connectivity index (χ1n) is 4.77. The topological polar surface area (TPSA) is 26.0 Å². The molecule has 0 aliphatic heterocycles. The van der Waals surface area contributed by atoms with Crippen LogP contribution < -0.4 is 5.73 Å². The summed E-state index contributed by atoms with van der Waals surface area (Å²) >= 11 is 3.44. The molecule has 2 N–H and O–H groups in total.